The summed E-state index contributed by atoms with van der Waals surface area (Å²) in [6.45, 7) is 1.01. The average molecular weight is 252 g/mol. The molecule has 1 aromatic carbocycles. The van der Waals surface area contributed by atoms with Crippen molar-refractivity contribution in [2.45, 2.75) is 18.1 Å². The molecule has 6 nitrogen and oxygen atoms in total. The average Bonchev–Trinajstić information content (AvgIpc) is 2.49. The van der Waals surface area contributed by atoms with Crippen LogP contribution in [0.5, 0.6) is 5.75 Å². The number of phenolic OH excluding ortho intramolecular Hbond substituents is 1. The van der Waals surface area contributed by atoms with Crippen molar-refractivity contribution < 1.29 is 29.6 Å². The number of aliphatic hydroxyl groups is 2. The molecule has 18 heavy (non-hydrogen) atoms. The maximum Gasteiger partial charge on any atom is 0.346 e. The SMILES string of the molecule is COC(=O)C1(O)c2cccc(O)c2C(=O)C1(C)O. The van der Waals surface area contributed by atoms with E-state index in [1.54, 1.807) is 0 Å². The first kappa shape index (κ1) is 12.5. The van der Waals surface area contributed by atoms with Gasteiger partial charge in [-0.15, -0.1) is 0 Å². The third-order valence-electron chi connectivity index (χ3n) is 3.29. The Kier molecular flexibility index (Phi) is 2.46. The van der Waals surface area contributed by atoms with E-state index < -0.39 is 28.7 Å². The van der Waals surface area contributed by atoms with Crippen molar-refractivity contribution >= 4 is 11.8 Å². The molecule has 2 rings (SSSR count). The van der Waals surface area contributed by atoms with Gasteiger partial charge in [0.1, 0.15) is 5.75 Å². The Morgan fingerprint density at radius 3 is 2.50 bits per heavy atom. The molecule has 0 aromatic heterocycles. The van der Waals surface area contributed by atoms with Gasteiger partial charge < -0.3 is 20.1 Å². The van der Waals surface area contributed by atoms with E-state index in [2.05, 4.69) is 4.74 Å². The summed E-state index contributed by atoms with van der Waals surface area (Å²) >= 11 is 0. The molecule has 1 aromatic rings. The van der Waals surface area contributed by atoms with Gasteiger partial charge in [0.2, 0.25) is 11.4 Å². The standard InChI is InChI=1S/C12H12O6/c1-11(16)9(14)8-6(4-3-5-7(8)13)12(11,17)10(15)18-2/h3-5,13,16-17H,1-2H3. The van der Waals surface area contributed by atoms with E-state index in [1.165, 1.54) is 18.2 Å². The number of ether oxygens (including phenoxy) is 1. The third kappa shape index (κ3) is 1.19. The van der Waals surface area contributed by atoms with Gasteiger partial charge >= 0.3 is 5.97 Å². The number of carbonyl (C=O) groups excluding carboxylic acids is 2. The van der Waals surface area contributed by atoms with Crippen molar-refractivity contribution in [3.8, 4) is 5.75 Å². The summed E-state index contributed by atoms with van der Waals surface area (Å²) in [6, 6.07) is 3.87. The van der Waals surface area contributed by atoms with Crippen LogP contribution in [0.3, 0.4) is 0 Å². The van der Waals surface area contributed by atoms with E-state index in [9.17, 15) is 24.9 Å². The van der Waals surface area contributed by atoms with Crippen LogP contribution in [-0.4, -0.2) is 39.8 Å². The van der Waals surface area contributed by atoms with Gasteiger partial charge in [-0.1, -0.05) is 12.1 Å². The molecule has 0 fully saturated rings. The summed E-state index contributed by atoms with van der Waals surface area (Å²) < 4.78 is 4.44. The smallest absolute Gasteiger partial charge is 0.346 e. The summed E-state index contributed by atoms with van der Waals surface area (Å²) in [6.07, 6.45) is 0. The highest BCUT2D eigenvalue weighted by Crippen LogP contribution is 2.47. The predicted molar refractivity (Wildman–Crippen MR) is 59.0 cm³/mol. The van der Waals surface area contributed by atoms with Crippen LogP contribution in [0, 0.1) is 0 Å². The van der Waals surface area contributed by atoms with Crippen molar-refractivity contribution in [3.05, 3.63) is 29.3 Å². The van der Waals surface area contributed by atoms with Crippen LogP contribution in [-0.2, 0) is 15.1 Å². The molecule has 2 unspecified atom stereocenters. The quantitative estimate of drug-likeness (QED) is 0.593. The molecule has 2 atom stereocenters. The molecule has 1 aliphatic carbocycles. The van der Waals surface area contributed by atoms with E-state index in [-0.39, 0.29) is 11.1 Å². The van der Waals surface area contributed by atoms with Crippen LogP contribution in [0.2, 0.25) is 0 Å². The van der Waals surface area contributed by atoms with Crippen molar-refractivity contribution in [1.82, 2.24) is 0 Å². The minimum absolute atomic E-state index is 0.163. The van der Waals surface area contributed by atoms with Crippen LogP contribution < -0.4 is 0 Å². The van der Waals surface area contributed by atoms with E-state index >= 15 is 0 Å². The number of esters is 1. The number of hydrogen-bond donors (Lipinski definition) is 3. The van der Waals surface area contributed by atoms with Crippen molar-refractivity contribution in [2.24, 2.45) is 0 Å². The maximum absolute atomic E-state index is 12.0. The number of rotatable bonds is 1. The monoisotopic (exact) mass is 252 g/mol. The molecule has 0 bridgehead atoms. The second-order valence-corrected chi connectivity index (χ2v) is 4.30. The van der Waals surface area contributed by atoms with E-state index in [1.807, 2.05) is 0 Å². The number of fused-ring (bicyclic) bond motifs is 1. The molecule has 0 amide bonds. The molecule has 3 N–H and O–H groups in total. The first-order chi connectivity index (χ1) is 8.28. The van der Waals surface area contributed by atoms with Gasteiger partial charge in [0.25, 0.3) is 0 Å². The largest absolute Gasteiger partial charge is 0.507 e. The Balaban J connectivity index is 2.81. The number of carbonyl (C=O) groups is 2. The molecule has 96 valence electrons. The highest BCUT2D eigenvalue weighted by Gasteiger charge is 2.65. The first-order valence-electron chi connectivity index (χ1n) is 5.19. The van der Waals surface area contributed by atoms with Crippen LogP contribution in [0.25, 0.3) is 0 Å². The number of benzene rings is 1. The minimum atomic E-state index is -2.52. The number of methoxy groups -OCH3 is 1. The number of hydrogen-bond acceptors (Lipinski definition) is 6. The molecule has 0 aliphatic heterocycles. The van der Waals surface area contributed by atoms with Gasteiger partial charge in [-0.2, -0.15) is 0 Å². The van der Waals surface area contributed by atoms with Crippen LogP contribution in [0.15, 0.2) is 18.2 Å². The summed E-state index contributed by atoms with van der Waals surface area (Å²) in [5, 5.41) is 30.1. The fourth-order valence-corrected chi connectivity index (χ4v) is 2.21. The lowest BCUT2D eigenvalue weighted by Crippen LogP contribution is -2.55. The third-order valence-corrected chi connectivity index (χ3v) is 3.29. The number of aromatic hydroxyl groups is 1. The molecule has 0 spiro atoms. The van der Waals surface area contributed by atoms with Gasteiger partial charge in [0, 0.05) is 5.56 Å². The molecule has 0 heterocycles. The number of Topliss-reactive ketones (excluding diaryl/α,β-unsaturated/α-hetero) is 1. The topological polar surface area (TPSA) is 104 Å². The number of phenols is 1. The molecule has 0 radical (unpaired) electrons. The minimum Gasteiger partial charge on any atom is -0.507 e. The Hall–Kier alpha value is -1.92. The van der Waals surface area contributed by atoms with Crippen molar-refractivity contribution in [3.63, 3.8) is 0 Å². The summed E-state index contributed by atoms with van der Waals surface area (Å²) in [5.74, 6) is -2.49. The second-order valence-electron chi connectivity index (χ2n) is 4.30. The Labute approximate surface area is 102 Å². The van der Waals surface area contributed by atoms with E-state index in [4.69, 9.17) is 0 Å². The normalized spacial score (nSPS) is 30.1. The molecule has 0 saturated carbocycles. The van der Waals surface area contributed by atoms with E-state index in [0.29, 0.717) is 0 Å². The van der Waals surface area contributed by atoms with Gasteiger partial charge in [0.15, 0.2) is 5.60 Å². The van der Waals surface area contributed by atoms with Crippen molar-refractivity contribution in [1.29, 1.82) is 0 Å². The summed E-state index contributed by atoms with van der Waals surface area (Å²) in [5.41, 5.74) is -5.34. The maximum atomic E-state index is 12.0. The Morgan fingerprint density at radius 2 is 1.94 bits per heavy atom. The van der Waals surface area contributed by atoms with Crippen LogP contribution in [0.1, 0.15) is 22.8 Å². The Bertz CT molecular complexity index is 547. The van der Waals surface area contributed by atoms with Crippen molar-refractivity contribution in [2.75, 3.05) is 7.11 Å². The first-order valence-corrected chi connectivity index (χ1v) is 5.19. The lowest BCUT2D eigenvalue weighted by Gasteiger charge is -2.31. The second kappa shape index (κ2) is 3.54. The molecular formula is C12H12O6. The van der Waals surface area contributed by atoms with Gasteiger partial charge in [-0.25, -0.2) is 4.79 Å². The number of ketones is 1. The van der Waals surface area contributed by atoms with Gasteiger partial charge in [-0.05, 0) is 13.0 Å². The zero-order valence-electron chi connectivity index (χ0n) is 9.80. The fraction of sp³-hybridized carbons (Fsp3) is 0.333. The molecule has 1 aliphatic rings. The highest BCUT2D eigenvalue weighted by atomic mass is 16.5. The zero-order valence-corrected chi connectivity index (χ0v) is 9.80. The predicted octanol–water partition coefficient (Wildman–Crippen LogP) is -0.300. The zero-order chi connectivity index (χ0) is 13.7. The molecule has 0 saturated heterocycles. The Morgan fingerprint density at radius 1 is 1.33 bits per heavy atom. The fourth-order valence-electron chi connectivity index (χ4n) is 2.21. The molecule has 6 heteroatoms. The van der Waals surface area contributed by atoms with Crippen LogP contribution >= 0.6 is 0 Å². The highest BCUT2D eigenvalue weighted by molar-refractivity contribution is 6.14. The summed E-state index contributed by atoms with van der Waals surface area (Å²) in [7, 11) is 1.03. The van der Waals surface area contributed by atoms with Gasteiger partial charge in [0.05, 0.1) is 12.7 Å². The summed E-state index contributed by atoms with van der Waals surface area (Å²) in [4.78, 5) is 23.7. The van der Waals surface area contributed by atoms with Gasteiger partial charge in [-0.3, -0.25) is 4.79 Å². The van der Waals surface area contributed by atoms with E-state index in [0.717, 1.165) is 14.0 Å². The van der Waals surface area contributed by atoms with Crippen LogP contribution in [0.4, 0.5) is 0 Å². The lowest BCUT2D eigenvalue weighted by atomic mass is 9.84. The molecular weight excluding hydrogens is 240 g/mol. The lowest BCUT2D eigenvalue weighted by molar-refractivity contribution is -0.184.